The van der Waals surface area contributed by atoms with Crippen molar-refractivity contribution in [2.45, 2.75) is 26.7 Å². The van der Waals surface area contributed by atoms with Crippen LogP contribution in [0.4, 0.5) is 5.69 Å². The summed E-state index contributed by atoms with van der Waals surface area (Å²) in [6.45, 7) is 3.56. The van der Waals surface area contributed by atoms with Crippen molar-refractivity contribution in [1.82, 2.24) is 0 Å². The van der Waals surface area contributed by atoms with Crippen LogP contribution in [0.2, 0.25) is 0 Å². The molecule has 0 saturated carbocycles. The van der Waals surface area contributed by atoms with Gasteiger partial charge in [0.1, 0.15) is 5.75 Å². The van der Waals surface area contributed by atoms with Gasteiger partial charge < -0.3 is 14.8 Å². The Morgan fingerprint density at radius 1 is 1.00 bits per heavy atom. The standard InChI is InChI=1S/C21H23NO5/c1-3-26-19-7-5-4-6-17(19)10-13-21(25)27-14-20(24)22-18-11-8-16(9-12-18)15(2)23/h4-9,11-12H,3,10,13-14H2,1-2H3,(H,22,24). The van der Waals surface area contributed by atoms with Gasteiger partial charge >= 0.3 is 5.97 Å². The van der Waals surface area contributed by atoms with Crippen molar-refractivity contribution in [1.29, 1.82) is 0 Å². The molecule has 0 bridgehead atoms. The second-order valence-corrected chi connectivity index (χ2v) is 5.88. The Kier molecular flexibility index (Phi) is 7.55. The third-order valence-corrected chi connectivity index (χ3v) is 3.81. The van der Waals surface area contributed by atoms with E-state index in [-0.39, 0.29) is 18.8 Å². The van der Waals surface area contributed by atoms with Crippen LogP contribution in [-0.4, -0.2) is 30.9 Å². The Balaban J connectivity index is 1.76. The van der Waals surface area contributed by atoms with Crippen LogP contribution in [0.15, 0.2) is 48.5 Å². The second kappa shape index (κ2) is 10.1. The van der Waals surface area contributed by atoms with E-state index in [0.29, 0.717) is 24.3 Å². The van der Waals surface area contributed by atoms with Gasteiger partial charge in [-0.25, -0.2) is 0 Å². The first-order valence-electron chi connectivity index (χ1n) is 8.76. The van der Waals surface area contributed by atoms with Gasteiger partial charge in [-0.2, -0.15) is 0 Å². The Labute approximate surface area is 158 Å². The molecule has 0 heterocycles. The molecule has 0 unspecified atom stereocenters. The van der Waals surface area contributed by atoms with Gasteiger partial charge in [-0.05, 0) is 56.2 Å². The van der Waals surface area contributed by atoms with Gasteiger partial charge in [-0.1, -0.05) is 18.2 Å². The summed E-state index contributed by atoms with van der Waals surface area (Å²) in [5.74, 6) is -0.190. The number of hydrogen-bond donors (Lipinski definition) is 1. The number of carbonyl (C=O) groups excluding carboxylic acids is 3. The fraction of sp³-hybridized carbons (Fsp3) is 0.286. The van der Waals surface area contributed by atoms with E-state index < -0.39 is 11.9 Å². The highest BCUT2D eigenvalue weighted by atomic mass is 16.5. The van der Waals surface area contributed by atoms with Crippen LogP contribution in [-0.2, 0) is 20.7 Å². The van der Waals surface area contributed by atoms with Crippen molar-refractivity contribution >= 4 is 23.3 Å². The van der Waals surface area contributed by atoms with Crippen LogP contribution in [0.1, 0.15) is 36.2 Å². The van der Waals surface area contributed by atoms with Gasteiger partial charge in [-0.3, -0.25) is 14.4 Å². The maximum atomic E-state index is 11.9. The highest BCUT2D eigenvalue weighted by molar-refractivity contribution is 5.96. The summed E-state index contributed by atoms with van der Waals surface area (Å²) in [5.41, 5.74) is 2.02. The highest BCUT2D eigenvalue weighted by Gasteiger charge is 2.10. The number of aryl methyl sites for hydroxylation is 1. The van der Waals surface area contributed by atoms with Gasteiger partial charge in [0.15, 0.2) is 12.4 Å². The number of Topliss-reactive ketones (excluding diaryl/α,β-unsaturated/α-hetero) is 1. The van der Waals surface area contributed by atoms with Crippen molar-refractivity contribution in [2.75, 3.05) is 18.5 Å². The van der Waals surface area contributed by atoms with Gasteiger partial charge in [0, 0.05) is 17.7 Å². The summed E-state index contributed by atoms with van der Waals surface area (Å²) in [6, 6.07) is 14.0. The number of ether oxygens (including phenoxy) is 2. The third-order valence-electron chi connectivity index (χ3n) is 3.81. The first-order chi connectivity index (χ1) is 13.0. The van der Waals surface area contributed by atoms with Crippen molar-refractivity contribution in [3.05, 3.63) is 59.7 Å². The number of ketones is 1. The SMILES string of the molecule is CCOc1ccccc1CCC(=O)OCC(=O)Nc1ccc(C(C)=O)cc1. The predicted octanol–water partition coefficient (Wildman–Crippen LogP) is 3.40. The molecular weight excluding hydrogens is 346 g/mol. The molecule has 2 aromatic carbocycles. The van der Waals surface area contributed by atoms with E-state index in [9.17, 15) is 14.4 Å². The van der Waals surface area contributed by atoms with Gasteiger partial charge in [0.05, 0.1) is 6.61 Å². The molecule has 0 radical (unpaired) electrons. The number of para-hydroxylation sites is 1. The molecule has 1 amide bonds. The minimum Gasteiger partial charge on any atom is -0.494 e. The topological polar surface area (TPSA) is 81.7 Å². The van der Waals surface area contributed by atoms with Crippen molar-refractivity contribution in [2.24, 2.45) is 0 Å². The summed E-state index contributed by atoms with van der Waals surface area (Å²) in [6.07, 6.45) is 0.633. The molecular formula is C21H23NO5. The molecule has 0 aromatic heterocycles. The van der Waals surface area contributed by atoms with Gasteiger partial charge in [-0.15, -0.1) is 0 Å². The average molecular weight is 369 g/mol. The lowest BCUT2D eigenvalue weighted by molar-refractivity contribution is -0.147. The molecule has 0 aliphatic carbocycles. The van der Waals surface area contributed by atoms with Crippen LogP contribution in [0.5, 0.6) is 5.75 Å². The molecule has 2 aromatic rings. The number of nitrogens with one attached hydrogen (secondary N) is 1. The normalized spacial score (nSPS) is 10.1. The van der Waals surface area contributed by atoms with Gasteiger partial charge in [0.25, 0.3) is 5.91 Å². The van der Waals surface area contributed by atoms with Crippen LogP contribution in [0, 0.1) is 0 Å². The maximum Gasteiger partial charge on any atom is 0.306 e. The highest BCUT2D eigenvalue weighted by Crippen LogP contribution is 2.19. The molecule has 0 atom stereocenters. The van der Waals surface area contributed by atoms with E-state index in [4.69, 9.17) is 9.47 Å². The van der Waals surface area contributed by atoms with Gasteiger partial charge in [0.2, 0.25) is 0 Å². The van der Waals surface area contributed by atoms with E-state index in [0.717, 1.165) is 11.3 Å². The lowest BCUT2D eigenvalue weighted by Crippen LogP contribution is -2.21. The molecule has 2 rings (SSSR count). The molecule has 0 aliphatic heterocycles. The van der Waals surface area contributed by atoms with E-state index >= 15 is 0 Å². The number of rotatable bonds is 9. The van der Waals surface area contributed by atoms with Crippen LogP contribution >= 0.6 is 0 Å². The first kappa shape index (κ1) is 20.2. The Hall–Kier alpha value is -3.15. The van der Waals surface area contributed by atoms with Crippen LogP contribution in [0.25, 0.3) is 0 Å². The minimum atomic E-state index is -0.455. The monoisotopic (exact) mass is 369 g/mol. The predicted molar refractivity (Wildman–Crippen MR) is 102 cm³/mol. The number of anilines is 1. The quantitative estimate of drug-likeness (QED) is 0.541. The number of hydrogen-bond acceptors (Lipinski definition) is 5. The molecule has 6 heteroatoms. The van der Waals surface area contributed by atoms with Crippen molar-refractivity contribution < 1.29 is 23.9 Å². The minimum absolute atomic E-state index is 0.0484. The van der Waals surface area contributed by atoms with E-state index in [1.54, 1.807) is 24.3 Å². The van der Waals surface area contributed by atoms with E-state index in [1.807, 2.05) is 31.2 Å². The zero-order valence-electron chi connectivity index (χ0n) is 15.5. The van der Waals surface area contributed by atoms with Crippen LogP contribution in [0.3, 0.4) is 0 Å². The molecule has 6 nitrogen and oxygen atoms in total. The average Bonchev–Trinajstić information content (AvgIpc) is 2.66. The lowest BCUT2D eigenvalue weighted by atomic mass is 10.1. The van der Waals surface area contributed by atoms with E-state index in [1.165, 1.54) is 6.92 Å². The summed E-state index contributed by atoms with van der Waals surface area (Å²) < 4.78 is 10.5. The summed E-state index contributed by atoms with van der Waals surface area (Å²) >= 11 is 0. The molecule has 0 fully saturated rings. The summed E-state index contributed by atoms with van der Waals surface area (Å²) in [5, 5.41) is 2.62. The fourth-order valence-corrected chi connectivity index (χ4v) is 2.45. The largest absolute Gasteiger partial charge is 0.494 e. The van der Waals surface area contributed by atoms with Crippen LogP contribution < -0.4 is 10.1 Å². The zero-order valence-corrected chi connectivity index (χ0v) is 15.5. The molecule has 27 heavy (non-hydrogen) atoms. The molecule has 1 N–H and O–H groups in total. The Morgan fingerprint density at radius 2 is 1.70 bits per heavy atom. The number of benzene rings is 2. The second-order valence-electron chi connectivity index (χ2n) is 5.88. The Morgan fingerprint density at radius 3 is 2.37 bits per heavy atom. The van der Waals surface area contributed by atoms with E-state index in [2.05, 4.69) is 5.32 Å². The fourth-order valence-electron chi connectivity index (χ4n) is 2.45. The van der Waals surface area contributed by atoms with Crippen molar-refractivity contribution in [3.8, 4) is 5.75 Å². The molecule has 0 spiro atoms. The summed E-state index contributed by atoms with van der Waals surface area (Å²) in [4.78, 5) is 35.0. The Bertz CT molecular complexity index is 798. The third kappa shape index (κ3) is 6.58. The first-order valence-corrected chi connectivity index (χ1v) is 8.76. The number of carbonyl (C=O) groups is 3. The molecule has 0 saturated heterocycles. The smallest absolute Gasteiger partial charge is 0.306 e. The number of esters is 1. The van der Waals surface area contributed by atoms with Crippen molar-refractivity contribution in [3.63, 3.8) is 0 Å². The lowest BCUT2D eigenvalue weighted by Gasteiger charge is -2.10. The summed E-state index contributed by atoms with van der Waals surface area (Å²) in [7, 11) is 0. The molecule has 0 aliphatic rings. The number of amides is 1. The molecule has 142 valence electrons. The maximum absolute atomic E-state index is 11.9. The zero-order chi connectivity index (χ0) is 19.6.